The second kappa shape index (κ2) is 8.74. The Morgan fingerprint density at radius 3 is 1.83 bits per heavy atom. The predicted octanol–water partition coefficient (Wildman–Crippen LogP) is 2.41. The summed E-state index contributed by atoms with van der Waals surface area (Å²) < 4.78 is 5.35. The van der Waals surface area contributed by atoms with Gasteiger partial charge in [0.25, 0.3) is 5.91 Å². The van der Waals surface area contributed by atoms with E-state index in [9.17, 15) is 4.79 Å². The lowest BCUT2D eigenvalue weighted by Crippen LogP contribution is -2.48. The Morgan fingerprint density at radius 2 is 1.28 bits per heavy atom. The van der Waals surface area contributed by atoms with Crippen LogP contribution in [0, 0.1) is 0 Å². The molecular formula is C23H30N4O2. The summed E-state index contributed by atoms with van der Waals surface area (Å²) in [7, 11) is 3.79. The van der Waals surface area contributed by atoms with Crippen molar-refractivity contribution in [3.63, 3.8) is 0 Å². The molecule has 2 saturated heterocycles. The van der Waals surface area contributed by atoms with Crippen molar-refractivity contribution in [2.45, 2.75) is 0 Å². The average molecular weight is 395 g/mol. The summed E-state index contributed by atoms with van der Waals surface area (Å²) in [4.78, 5) is 22.0. The topological polar surface area (TPSA) is 39.3 Å². The van der Waals surface area contributed by atoms with E-state index in [1.54, 1.807) is 7.11 Å². The molecule has 0 aliphatic carbocycles. The van der Waals surface area contributed by atoms with Crippen molar-refractivity contribution in [2.24, 2.45) is 0 Å². The molecule has 4 rings (SSSR count). The number of nitrogens with zero attached hydrogens (tertiary/aromatic N) is 4. The molecular weight excluding hydrogens is 364 g/mol. The fraction of sp³-hybridized carbons (Fsp3) is 0.435. The van der Waals surface area contributed by atoms with E-state index in [0.717, 1.165) is 52.4 Å². The Bertz CT molecular complexity index is 823. The third-order valence-corrected chi connectivity index (χ3v) is 5.99. The molecule has 0 N–H and O–H groups in total. The number of carbonyl (C=O) groups excluding carboxylic acids is 1. The minimum atomic E-state index is 0.0486. The van der Waals surface area contributed by atoms with Crippen LogP contribution < -0.4 is 14.5 Å². The molecule has 2 heterocycles. The summed E-state index contributed by atoms with van der Waals surface area (Å²) in [6, 6.07) is 16.3. The number of hydrogen-bond acceptors (Lipinski definition) is 5. The second-order valence-electron chi connectivity index (χ2n) is 7.79. The highest BCUT2D eigenvalue weighted by Gasteiger charge is 2.24. The van der Waals surface area contributed by atoms with Crippen LogP contribution in [-0.2, 0) is 0 Å². The number of likely N-dealkylation sites (N-methyl/N-ethyl adjacent to an activating group) is 1. The van der Waals surface area contributed by atoms with E-state index in [0.29, 0.717) is 11.3 Å². The van der Waals surface area contributed by atoms with E-state index in [4.69, 9.17) is 4.74 Å². The number of carbonyl (C=O) groups is 1. The summed E-state index contributed by atoms with van der Waals surface area (Å²) in [5.41, 5.74) is 3.17. The van der Waals surface area contributed by atoms with Crippen LogP contribution in [0.25, 0.3) is 0 Å². The molecule has 2 aromatic carbocycles. The molecule has 0 spiro atoms. The van der Waals surface area contributed by atoms with Crippen molar-refractivity contribution >= 4 is 17.3 Å². The molecule has 2 aromatic rings. The summed E-state index contributed by atoms with van der Waals surface area (Å²) >= 11 is 0. The summed E-state index contributed by atoms with van der Waals surface area (Å²) in [6.45, 7) is 7.52. The van der Waals surface area contributed by atoms with E-state index in [1.807, 2.05) is 29.2 Å². The monoisotopic (exact) mass is 394 g/mol. The SMILES string of the molecule is COc1ccccc1C(=O)N1CCN(c2ccc(N3CCN(C)CC3)cc2)CC1. The van der Waals surface area contributed by atoms with Crippen LogP contribution >= 0.6 is 0 Å². The van der Waals surface area contributed by atoms with Crippen molar-refractivity contribution < 1.29 is 9.53 Å². The third-order valence-electron chi connectivity index (χ3n) is 5.99. The van der Waals surface area contributed by atoms with Gasteiger partial charge in [-0.25, -0.2) is 0 Å². The molecule has 1 amide bonds. The Hall–Kier alpha value is -2.73. The van der Waals surface area contributed by atoms with E-state index >= 15 is 0 Å². The lowest BCUT2D eigenvalue weighted by molar-refractivity contribution is 0.0743. The van der Waals surface area contributed by atoms with Gasteiger partial charge in [0, 0.05) is 63.7 Å². The number of rotatable bonds is 4. The number of ether oxygens (including phenoxy) is 1. The summed E-state index contributed by atoms with van der Waals surface area (Å²) in [5.74, 6) is 0.687. The van der Waals surface area contributed by atoms with Gasteiger partial charge >= 0.3 is 0 Å². The van der Waals surface area contributed by atoms with E-state index in [-0.39, 0.29) is 5.91 Å². The quantitative estimate of drug-likeness (QED) is 0.796. The van der Waals surface area contributed by atoms with Gasteiger partial charge in [0.05, 0.1) is 12.7 Å². The van der Waals surface area contributed by atoms with Gasteiger partial charge in [0.1, 0.15) is 5.75 Å². The first kappa shape index (κ1) is 19.6. The zero-order chi connectivity index (χ0) is 20.2. The summed E-state index contributed by atoms with van der Waals surface area (Å²) in [5, 5.41) is 0. The molecule has 2 fully saturated rings. The Labute approximate surface area is 173 Å². The Morgan fingerprint density at radius 1 is 0.759 bits per heavy atom. The van der Waals surface area contributed by atoms with E-state index < -0.39 is 0 Å². The fourth-order valence-electron chi connectivity index (χ4n) is 4.10. The highest BCUT2D eigenvalue weighted by Crippen LogP contribution is 2.24. The van der Waals surface area contributed by atoms with Crippen molar-refractivity contribution in [1.29, 1.82) is 0 Å². The van der Waals surface area contributed by atoms with Crippen LogP contribution in [0.5, 0.6) is 5.75 Å². The fourth-order valence-corrected chi connectivity index (χ4v) is 4.10. The maximum atomic E-state index is 12.9. The summed E-state index contributed by atoms with van der Waals surface area (Å²) in [6.07, 6.45) is 0. The van der Waals surface area contributed by atoms with Crippen molar-refractivity contribution in [3.05, 3.63) is 54.1 Å². The number of methoxy groups -OCH3 is 1. The van der Waals surface area contributed by atoms with Crippen molar-refractivity contribution in [3.8, 4) is 5.75 Å². The number of hydrogen-bond donors (Lipinski definition) is 0. The molecule has 0 bridgehead atoms. The maximum absolute atomic E-state index is 12.9. The molecule has 0 atom stereocenters. The van der Waals surface area contributed by atoms with Crippen LogP contribution in [0.4, 0.5) is 11.4 Å². The van der Waals surface area contributed by atoms with Crippen molar-refractivity contribution in [1.82, 2.24) is 9.80 Å². The van der Waals surface area contributed by atoms with Crippen molar-refractivity contribution in [2.75, 3.05) is 76.3 Å². The zero-order valence-corrected chi connectivity index (χ0v) is 17.4. The van der Waals surface area contributed by atoms with Crippen LogP contribution in [-0.4, -0.2) is 82.2 Å². The molecule has 29 heavy (non-hydrogen) atoms. The van der Waals surface area contributed by atoms with Gasteiger partial charge in [0.2, 0.25) is 0 Å². The van der Waals surface area contributed by atoms with Gasteiger partial charge in [-0.15, -0.1) is 0 Å². The zero-order valence-electron chi connectivity index (χ0n) is 17.4. The Balaban J connectivity index is 1.35. The molecule has 0 unspecified atom stereocenters. The predicted molar refractivity (Wildman–Crippen MR) is 117 cm³/mol. The minimum Gasteiger partial charge on any atom is -0.496 e. The normalized spacial score (nSPS) is 18.1. The number of anilines is 2. The third kappa shape index (κ3) is 4.32. The molecule has 6 nitrogen and oxygen atoms in total. The molecule has 0 saturated carbocycles. The van der Waals surface area contributed by atoms with Gasteiger partial charge in [-0.2, -0.15) is 0 Å². The molecule has 6 heteroatoms. The largest absolute Gasteiger partial charge is 0.496 e. The highest BCUT2D eigenvalue weighted by molar-refractivity contribution is 5.97. The first-order valence-corrected chi connectivity index (χ1v) is 10.4. The van der Waals surface area contributed by atoms with Gasteiger partial charge in [0.15, 0.2) is 0 Å². The minimum absolute atomic E-state index is 0.0486. The molecule has 2 aliphatic rings. The van der Waals surface area contributed by atoms with Crippen LogP contribution in [0.3, 0.4) is 0 Å². The number of amides is 1. The first-order chi connectivity index (χ1) is 14.2. The Kier molecular flexibility index (Phi) is 5.90. The number of benzene rings is 2. The lowest BCUT2D eigenvalue weighted by Gasteiger charge is -2.37. The molecule has 0 radical (unpaired) electrons. The van der Waals surface area contributed by atoms with Gasteiger partial charge in [-0.05, 0) is 43.4 Å². The molecule has 2 aliphatic heterocycles. The standard InChI is InChI=1S/C23H30N4O2/c1-24-11-13-25(14-12-24)19-7-9-20(10-8-19)26-15-17-27(18-16-26)23(28)21-5-3-4-6-22(21)29-2/h3-10H,11-18H2,1-2H3. The smallest absolute Gasteiger partial charge is 0.257 e. The average Bonchev–Trinajstić information content (AvgIpc) is 2.79. The maximum Gasteiger partial charge on any atom is 0.257 e. The lowest BCUT2D eigenvalue weighted by atomic mass is 10.1. The number of piperazine rings is 2. The number of para-hydroxylation sites is 1. The molecule has 0 aromatic heterocycles. The molecule has 154 valence electrons. The highest BCUT2D eigenvalue weighted by atomic mass is 16.5. The van der Waals surface area contributed by atoms with E-state index in [2.05, 4.69) is 46.0 Å². The van der Waals surface area contributed by atoms with E-state index in [1.165, 1.54) is 11.4 Å². The van der Waals surface area contributed by atoms with Gasteiger partial charge < -0.3 is 24.3 Å². The first-order valence-electron chi connectivity index (χ1n) is 10.4. The van der Waals surface area contributed by atoms with Gasteiger partial charge in [-0.1, -0.05) is 12.1 Å². The van der Waals surface area contributed by atoms with Crippen LogP contribution in [0.15, 0.2) is 48.5 Å². The van der Waals surface area contributed by atoms with Crippen LogP contribution in [0.1, 0.15) is 10.4 Å². The van der Waals surface area contributed by atoms with Crippen LogP contribution in [0.2, 0.25) is 0 Å². The second-order valence-corrected chi connectivity index (χ2v) is 7.79. The van der Waals surface area contributed by atoms with Gasteiger partial charge in [-0.3, -0.25) is 4.79 Å².